The Balaban J connectivity index is 1.78. The van der Waals surface area contributed by atoms with Crippen LogP contribution in [0.15, 0.2) is 30.3 Å². The molecule has 0 atom stereocenters. The summed E-state index contributed by atoms with van der Waals surface area (Å²) >= 11 is 0. The number of hydrogen-bond donors (Lipinski definition) is 2. The highest BCUT2D eigenvalue weighted by atomic mass is 16.3. The molecule has 0 amide bonds. The number of benzene rings is 1. The van der Waals surface area contributed by atoms with E-state index in [0.29, 0.717) is 6.61 Å². The van der Waals surface area contributed by atoms with Crippen molar-refractivity contribution in [3.8, 4) is 0 Å². The van der Waals surface area contributed by atoms with E-state index >= 15 is 0 Å². The minimum absolute atomic E-state index is 0.175. The molecule has 0 aliphatic carbocycles. The van der Waals surface area contributed by atoms with E-state index in [1.54, 1.807) is 0 Å². The van der Waals surface area contributed by atoms with Crippen molar-refractivity contribution >= 4 is 0 Å². The van der Waals surface area contributed by atoms with Gasteiger partial charge in [-0.05, 0) is 57.3 Å². The molecule has 1 aliphatic heterocycles. The van der Waals surface area contributed by atoms with Gasteiger partial charge in [-0.2, -0.15) is 0 Å². The molecule has 0 radical (unpaired) electrons. The highest BCUT2D eigenvalue weighted by Gasteiger charge is 2.32. The first-order chi connectivity index (χ1) is 10.3. The number of likely N-dealkylation sites (tertiary alicyclic amines) is 1. The van der Waals surface area contributed by atoms with Gasteiger partial charge in [0, 0.05) is 18.7 Å². The van der Waals surface area contributed by atoms with Crippen molar-refractivity contribution in [3.05, 3.63) is 35.9 Å². The van der Waals surface area contributed by atoms with Crippen molar-refractivity contribution in [3.63, 3.8) is 0 Å². The first kappa shape index (κ1) is 16.5. The molecule has 118 valence electrons. The SMILES string of the molecule is CCCNC1(CCO)CCN(CCc2ccccc2)CC1. The van der Waals surface area contributed by atoms with Crippen LogP contribution in [0.2, 0.25) is 0 Å². The molecule has 1 fully saturated rings. The van der Waals surface area contributed by atoms with Crippen molar-refractivity contribution in [1.82, 2.24) is 10.2 Å². The first-order valence-electron chi connectivity index (χ1n) is 8.40. The molecule has 1 aliphatic rings. The van der Waals surface area contributed by atoms with Gasteiger partial charge in [0.25, 0.3) is 0 Å². The predicted octanol–water partition coefficient (Wildman–Crippen LogP) is 2.45. The van der Waals surface area contributed by atoms with Crippen molar-refractivity contribution in [2.75, 3.05) is 32.8 Å². The molecule has 0 saturated carbocycles. The molecule has 0 bridgehead atoms. The van der Waals surface area contributed by atoms with Crippen molar-refractivity contribution in [2.45, 2.75) is 44.6 Å². The number of rotatable bonds is 8. The fraction of sp³-hybridized carbons (Fsp3) is 0.667. The van der Waals surface area contributed by atoms with E-state index in [2.05, 4.69) is 47.5 Å². The summed E-state index contributed by atoms with van der Waals surface area (Å²) in [6, 6.07) is 10.7. The zero-order valence-corrected chi connectivity index (χ0v) is 13.4. The summed E-state index contributed by atoms with van der Waals surface area (Å²) in [4.78, 5) is 2.57. The number of aliphatic hydroxyl groups is 1. The van der Waals surface area contributed by atoms with Gasteiger partial charge < -0.3 is 15.3 Å². The third-order valence-corrected chi connectivity index (χ3v) is 4.71. The van der Waals surface area contributed by atoms with Crippen LogP contribution in [0.5, 0.6) is 0 Å². The lowest BCUT2D eigenvalue weighted by Gasteiger charge is -2.42. The lowest BCUT2D eigenvalue weighted by molar-refractivity contribution is 0.109. The molecule has 21 heavy (non-hydrogen) atoms. The van der Waals surface area contributed by atoms with Crippen molar-refractivity contribution in [1.29, 1.82) is 0 Å². The maximum atomic E-state index is 9.35. The van der Waals surface area contributed by atoms with Gasteiger partial charge in [0.2, 0.25) is 0 Å². The predicted molar refractivity (Wildman–Crippen MR) is 88.5 cm³/mol. The lowest BCUT2D eigenvalue weighted by Crippen LogP contribution is -2.54. The molecule has 0 spiro atoms. The van der Waals surface area contributed by atoms with Gasteiger partial charge in [-0.3, -0.25) is 0 Å². The van der Waals surface area contributed by atoms with Crippen LogP contribution < -0.4 is 5.32 Å². The highest BCUT2D eigenvalue weighted by Crippen LogP contribution is 2.25. The third-order valence-electron chi connectivity index (χ3n) is 4.71. The van der Waals surface area contributed by atoms with Gasteiger partial charge >= 0.3 is 0 Å². The Kier molecular flexibility index (Phi) is 6.68. The Morgan fingerprint density at radius 3 is 2.52 bits per heavy atom. The molecular formula is C18H30N2O. The molecular weight excluding hydrogens is 260 g/mol. The molecule has 2 N–H and O–H groups in total. The van der Waals surface area contributed by atoms with Gasteiger partial charge in [0.05, 0.1) is 0 Å². The first-order valence-corrected chi connectivity index (χ1v) is 8.40. The maximum absolute atomic E-state index is 9.35. The Labute approximate surface area is 129 Å². The average molecular weight is 290 g/mol. The molecule has 1 heterocycles. The minimum atomic E-state index is 0.175. The van der Waals surface area contributed by atoms with Crippen LogP contribution in [0.3, 0.4) is 0 Å². The molecule has 0 aromatic heterocycles. The largest absolute Gasteiger partial charge is 0.396 e. The molecule has 1 aromatic rings. The second-order valence-corrected chi connectivity index (χ2v) is 6.26. The molecule has 3 heteroatoms. The third kappa shape index (κ3) is 5.10. The molecule has 1 aromatic carbocycles. The Morgan fingerprint density at radius 1 is 1.19 bits per heavy atom. The zero-order valence-electron chi connectivity index (χ0n) is 13.4. The van der Waals surface area contributed by atoms with E-state index in [1.165, 1.54) is 5.56 Å². The topological polar surface area (TPSA) is 35.5 Å². The Morgan fingerprint density at radius 2 is 1.90 bits per heavy atom. The van der Waals surface area contributed by atoms with Gasteiger partial charge in [0.15, 0.2) is 0 Å². The van der Waals surface area contributed by atoms with Crippen LogP contribution in [0, 0.1) is 0 Å². The average Bonchev–Trinajstić information content (AvgIpc) is 2.54. The fourth-order valence-electron chi connectivity index (χ4n) is 3.26. The summed E-state index contributed by atoms with van der Waals surface area (Å²) in [5, 5.41) is 13.0. The maximum Gasteiger partial charge on any atom is 0.0448 e. The van der Waals surface area contributed by atoms with Gasteiger partial charge in [-0.25, -0.2) is 0 Å². The second-order valence-electron chi connectivity index (χ2n) is 6.26. The molecule has 3 nitrogen and oxygen atoms in total. The lowest BCUT2D eigenvalue weighted by atomic mass is 9.84. The highest BCUT2D eigenvalue weighted by molar-refractivity contribution is 5.14. The van der Waals surface area contributed by atoms with E-state index in [4.69, 9.17) is 0 Å². The quantitative estimate of drug-likeness (QED) is 0.772. The van der Waals surface area contributed by atoms with Crippen LogP contribution >= 0.6 is 0 Å². The summed E-state index contributed by atoms with van der Waals surface area (Å²) in [7, 11) is 0. The van der Waals surface area contributed by atoms with Gasteiger partial charge in [-0.15, -0.1) is 0 Å². The van der Waals surface area contributed by atoms with Crippen LogP contribution in [0.25, 0.3) is 0 Å². The summed E-state index contributed by atoms with van der Waals surface area (Å²) in [5.41, 5.74) is 1.60. The van der Waals surface area contributed by atoms with Crippen molar-refractivity contribution in [2.24, 2.45) is 0 Å². The summed E-state index contributed by atoms with van der Waals surface area (Å²) in [5.74, 6) is 0. The zero-order chi connectivity index (χ0) is 15.0. The summed E-state index contributed by atoms with van der Waals surface area (Å²) in [6.45, 7) is 6.99. The van der Waals surface area contributed by atoms with Crippen LogP contribution in [-0.4, -0.2) is 48.3 Å². The van der Waals surface area contributed by atoms with E-state index in [9.17, 15) is 5.11 Å². The molecule has 1 saturated heterocycles. The van der Waals surface area contributed by atoms with E-state index in [1.807, 2.05) is 0 Å². The monoisotopic (exact) mass is 290 g/mol. The number of nitrogens with zero attached hydrogens (tertiary/aromatic N) is 1. The normalized spacial score (nSPS) is 18.8. The van der Waals surface area contributed by atoms with Crippen molar-refractivity contribution < 1.29 is 5.11 Å². The summed E-state index contributed by atoms with van der Waals surface area (Å²) in [6.07, 6.45) is 5.49. The number of hydrogen-bond acceptors (Lipinski definition) is 3. The number of aliphatic hydroxyl groups excluding tert-OH is 1. The Bertz CT molecular complexity index is 385. The standard InChI is InChI=1S/C18H30N2O/c1-2-12-19-18(11-16-21)9-14-20(15-10-18)13-8-17-6-4-3-5-7-17/h3-7,19,21H,2,8-16H2,1H3. The smallest absolute Gasteiger partial charge is 0.0448 e. The number of nitrogens with one attached hydrogen (secondary N) is 1. The van der Waals surface area contributed by atoms with E-state index in [0.717, 1.165) is 58.3 Å². The van der Waals surface area contributed by atoms with Crippen LogP contribution in [0.1, 0.15) is 38.2 Å². The van der Waals surface area contributed by atoms with E-state index in [-0.39, 0.29) is 5.54 Å². The van der Waals surface area contributed by atoms with Gasteiger partial charge in [-0.1, -0.05) is 37.3 Å². The molecule has 0 unspecified atom stereocenters. The number of piperidine rings is 1. The molecule has 2 rings (SSSR count). The minimum Gasteiger partial charge on any atom is -0.396 e. The van der Waals surface area contributed by atoms with Crippen LogP contribution in [-0.2, 0) is 6.42 Å². The Hall–Kier alpha value is -0.900. The second kappa shape index (κ2) is 8.52. The summed E-state index contributed by atoms with van der Waals surface area (Å²) < 4.78 is 0. The fourth-order valence-corrected chi connectivity index (χ4v) is 3.26. The van der Waals surface area contributed by atoms with Gasteiger partial charge in [0.1, 0.15) is 0 Å². The van der Waals surface area contributed by atoms with E-state index < -0.39 is 0 Å². The van der Waals surface area contributed by atoms with Crippen LogP contribution in [0.4, 0.5) is 0 Å².